The average Bonchev–Trinajstić information content (AvgIpc) is 2.51. The van der Waals surface area contributed by atoms with Crippen LogP contribution in [0.1, 0.15) is 20.8 Å². The number of carbonyl (C=O) groups excluding carboxylic acids is 1. The van der Waals surface area contributed by atoms with Gasteiger partial charge in [-0.25, -0.2) is 4.98 Å². The summed E-state index contributed by atoms with van der Waals surface area (Å²) in [4.78, 5) is 29.6. The summed E-state index contributed by atoms with van der Waals surface area (Å²) in [6.45, 7) is 6.47. The van der Waals surface area contributed by atoms with Crippen molar-refractivity contribution in [1.29, 1.82) is 0 Å². The Balaban J connectivity index is 2.44. The number of carbonyl (C=O) groups is 1. The summed E-state index contributed by atoms with van der Waals surface area (Å²) in [5.41, 5.74) is 0.0958. The fourth-order valence-corrected chi connectivity index (χ4v) is 3.56. The number of hydrogen-bond donors (Lipinski definition) is 0. The minimum atomic E-state index is -0.410. The van der Waals surface area contributed by atoms with Crippen LogP contribution in [0.4, 0.5) is 0 Å². The molecule has 2 aromatic rings. The van der Waals surface area contributed by atoms with E-state index < -0.39 is 5.41 Å². The summed E-state index contributed by atoms with van der Waals surface area (Å²) in [7, 11) is 1.59. The van der Waals surface area contributed by atoms with Gasteiger partial charge in [0.15, 0.2) is 5.16 Å². The van der Waals surface area contributed by atoms with Gasteiger partial charge in [-0.15, -0.1) is 0 Å². The third-order valence-electron chi connectivity index (χ3n) is 3.57. The third kappa shape index (κ3) is 4.46. The smallest absolute Gasteiger partial charge is 0.262 e. The van der Waals surface area contributed by atoms with Crippen LogP contribution in [0.5, 0.6) is 0 Å². The highest BCUT2D eigenvalue weighted by molar-refractivity contribution is 9.10. The Hall–Kier alpha value is -1.18. The molecule has 0 saturated heterocycles. The Labute approximate surface area is 153 Å². The van der Waals surface area contributed by atoms with Gasteiger partial charge in [-0.1, -0.05) is 48.5 Å². The van der Waals surface area contributed by atoms with E-state index >= 15 is 0 Å². The fourth-order valence-electron chi connectivity index (χ4n) is 2.01. The molecule has 0 unspecified atom stereocenters. The molecular weight excluding hydrogens is 392 g/mol. The number of ketones is 1. The van der Waals surface area contributed by atoms with E-state index in [2.05, 4.69) is 20.9 Å². The molecule has 7 heteroatoms. The Bertz CT molecular complexity index is 812. The predicted molar refractivity (Wildman–Crippen MR) is 101 cm³/mol. The van der Waals surface area contributed by atoms with Crippen LogP contribution in [0.3, 0.4) is 0 Å². The topological polar surface area (TPSA) is 61.2 Å². The fraction of sp³-hybridized carbons (Fsp3) is 0.471. The van der Waals surface area contributed by atoms with E-state index in [9.17, 15) is 9.59 Å². The van der Waals surface area contributed by atoms with Gasteiger partial charge in [0.05, 0.1) is 29.8 Å². The molecule has 1 heterocycles. The number of aromatic nitrogens is 2. The second kappa shape index (κ2) is 7.80. The second-order valence-electron chi connectivity index (χ2n) is 6.47. The van der Waals surface area contributed by atoms with Crippen molar-refractivity contribution in [3.8, 4) is 0 Å². The number of thioether (sulfide) groups is 1. The van der Waals surface area contributed by atoms with Crippen LogP contribution in [0, 0.1) is 5.41 Å². The molecule has 0 bridgehead atoms. The summed E-state index contributed by atoms with van der Waals surface area (Å²) in [6, 6.07) is 5.42. The molecule has 0 aliphatic carbocycles. The summed E-state index contributed by atoms with van der Waals surface area (Å²) in [5, 5.41) is 1.09. The molecular formula is C17H21BrN2O3S. The van der Waals surface area contributed by atoms with Gasteiger partial charge in [0.2, 0.25) is 0 Å². The van der Waals surface area contributed by atoms with Crippen molar-refractivity contribution < 1.29 is 9.53 Å². The highest BCUT2D eigenvalue weighted by atomic mass is 79.9. The summed E-state index contributed by atoms with van der Waals surface area (Å²) in [5.74, 6) is 0.404. The first-order valence-corrected chi connectivity index (χ1v) is 9.37. The number of nitrogens with zero attached hydrogens (tertiary/aromatic N) is 2. The molecule has 1 aromatic carbocycles. The first-order chi connectivity index (χ1) is 11.2. The molecule has 0 aliphatic heterocycles. The van der Waals surface area contributed by atoms with Crippen molar-refractivity contribution in [3.05, 3.63) is 33.0 Å². The number of Topliss-reactive ketones (excluding diaryl/α,β-unsaturated/α-hetero) is 1. The van der Waals surface area contributed by atoms with Gasteiger partial charge in [0.1, 0.15) is 5.78 Å². The zero-order chi connectivity index (χ0) is 17.9. The van der Waals surface area contributed by atoms with Crippen molar-refractivity contribution in [2.75, 3.05) is 19.5 Å². The number of benzene rings is 1. The summed E-state index contributed by atoms with van der Waals surface area (Å²) < 4.78 is 7.51. The largest absolute Gasteiger partial charge is 0.383 e. The standard InChI is InChI=1S/C17H21BrN2O3S/c1-17(2,3)14(21)10-24-16-19-13-6-5-11(18)9-12(13)15(22)20(16)7-8-23-4/h5-6,9H,7-8,10H2,1-4H3. The number of fused-ring (bicyclic) bond motifs is 1. The van der Waals surface area contributed by atoms with Gasteiger partial charge >= 0.3 is 0 Å². The van der Waals surface area contributed by atoms with E-state index in [-0.39, 0.29) is 17.1 Å². The van der Waals surface area contributed by atoms with E-state index in [4.69, 9.17) is 4.74 Å². The van der Waals surface area contributed by atoms with Crippen molar-refractivity contribution >= 4 is 44.4 Å². The normalized spacial score (nSPS) is 11.9. The Morgan fingerprint density at radius 1 is 1.38 bits per heavy atom. The van der Waals surface area contributed by atoms with Gasteiger partial charge in [-0.2, -0.15) is 0 Å². The van der Waals surface area contributed by atoms with Crippen LogP contribution in [-0.2, 0) is 16.1 Å². The van der Waals surface area contributed by atoms with Gasteiger partial charge in [0.25, 0.3) is 5.56 Å². The van der Waals surface area contributed by atoms with Crippen molar-refractivity contribution in [3.63, 3.8) is 0 Å². The number of methoxy groups -OCH3 is 1. The molecule has 24 heavy (non-hydrogen) atoms. The van der Waals surface area contributed by atoms with Gasteiger partial charge in [-0.05, 0) is 18.2 Å². The van der Waals surface area contributed by atoms with E-state index in [1.165, 1.54) is 11.8 Å². The second-order valence-corrected chi connectivity index (χ2v) is 8.33. The highest BCUT2D eigenvalue weighted by Crippen LogP contribution is 2.24. The predicted octanol–water partition coefficient (Wildman–Crippen LogP) is 3.51. The van der Waals surface area contributed by atoms with Gasteiger partial charge in [-0.3, -0.25) is 14.2 Å². The van der Waals surface area contributed by atoms with Crippen LogP contribution < -0.4 is 5.56 Å². The molecule has 0 saturated carbocycles. The van der Waals surface area contributed by atoms with Crippen LogP contribution in [-0.4, -0.2) is 34.8 Å². The lowest BCUT2D eigenvalue weighted by atomic mass is 9.92. The first kappa shape index (κ1) is 19.1. The molecule has 0 spiro atoms. The maximum absolute atomic E-state index is 12.8. The van der Waals surface area contributed by atoms with E-state index in [1.54, 1.807) is 23.8 Å². The number of hydrogen-bond acceptors (Lipinski definition) is 5. The van der Waals surface area contributed by atoms with Gasteiger partial charge in [0, 0.05) is 17.0 Å². The first-order valence-electron chi connectivity index (χ1n) is 7.59. The lowest BCUT2D eigenvalue weighted by Crippen LogP contribution is -2.27. The Morgan fingerprint density at radius 2 is 2.08 bits per heavy atom. The molecule has 130 valence electrons. The summed E-state index contributed by atoms with van der Waals surface area (Å²) >= 11 is 4.68. The molecule has 0 aliphatic rings. The lowest BCUT2D eigenvalue weighted by molar-refractivity contribution is -0.123. The number of halogens is 1. The quantitative estimate of drug-likeness (QED) is 0.536. The van der Waals surface area contributed by atoms with Gasteiger partial charge < -0.3 is 4.74 Å². The molecule has 0 atom stereocenters. The molecule has 0 radical (unpaired) electrons. The number of rotatable bonds is 6. The minimum Gasteiger partial charge on any atom is -0.383 e. The molecule has 2 rings (SSSR count). The van der Waals surface area contributed by atoms with E-state index in [0.717, 1.165) is 4.47 Å². The Kier molecular flexibility index (Phi) is 6.22. The number of ether oxygens (including phenoxy) is 1. The molecule has 0 N–H and O–H groups in total. The lowest BCUT2D eigenvalue weighted by Gasteiger charge is -2.17. The maximum Gasteiger partial charge on any atom is 0.262 e. The van der Waals surface area contributed by atoms with Crippen LogP contribution in [0.2, 0.25) is 0 Å². The molecule has 0 fully saturated rings. The molecule has 1 aromatic heterocycles. The highest BCUT2D eigenvalue weighted by Gasteiger charge is 2.22. The third-order valence-corrected chi connectivity index (χ3v) is 5.04. The zero-order valence-corrected chi connectivity index (χ0v) is 16.7. The zero-order valence-electron chi connectivity index (χ0n) is 14.3. The van der Waals surface area contributed by atoms with Crippen LogP contribution in [0.25, 0.3) is 10.9 Å². The Morgan fingerprint density at radius 3 is 2.71 bits per heavy atom. The monoisotopic (exact) mass is 412 g/mol. The summed E-state index contributed by atoms with van der Waals surface area (Å²) in [6.07, 6.45) is 0. The molecule has 0 amide bonds. The van der Waals surface area contributed by atoms with Crippen molar-refractivity contribution in [2.45, 2.75) is 32.5 Å². The van der Waals surface area contributed by atoms with Crippen molar-refractivity contribution in [2.24, 2.45) is 5.41 Å². The van der Waals surface area contributed by atoms with E-state index in [1.807, 2.05) is 26.8 Å². The maximum atomic E-state index is 12.8. The SMILES string of the molecule is COCCn1c(SCC(=O)C(C)(C)C)nc2ccc(Br)cc2c1=O. The average molecular weight is 413 g/mol. The van der Waals surface area contributed by atoms with Crippen LogP contribution in [0.15, 0.2) is 32.6 Å². The van der Waals surface area contributed by atoms with E-state index in [0.29, 0.717) is 29.2 Å². The van der Waals surface area contributed by atoms with Crippen molar-refractivity contribution in [1.82, 2.24) is 9.55 Å². The minimum absolute atomic E-state index is 0.121. The van der Waals surface area contributed by atoms with Crippen LogP contribution >= 0.6 is 27.7 Å². The molecule has 5 nitrogen and oxygen atoms in total.